The summed E-state index contributed by atoms with van der Waals surface area (Å²) in [5.74, 6) is 0.472. The highest BCUT2D eigenvalue weighted by atomic mass is 15.3. The molecule has 44 valence electrons. The molecule has 0 radical (unpaired) electrons. The predicted molar refractivity (Wildman–Crippen MR) is 33.8 cm³/mol. The van der Waals surface area contributed by atoms with Crippen molar-refractivity contribution in [3.8, 4) is 6.07 Å². The smallest absolute Gasteiger partial charge is 0.156 e. The van der Waals surface area contributed by atoms with Crippen molar-refractivity contribution >= 4 is 12.4 Å². The molecule has 0 aromatic rings. The summed E-state index contributed by atoms with van der Waals surface area (Å²) in [7, 11) is 0. The van der Waals surface area contributed by atoms with Crippen LogP contribution in [0, 0.1) is 11.3 Å². The van der Waals surface area contributed by atoms with E-state index in [1.54, 1.807) is 0 Å². The minimum atomic E-state index is 0.472. The van der Waals surface area contributed by atoms with Gasteiger partial charge in [-0.05, 0) is 0 Å². The number of hydrogen-bond acceptors (Lipinski definition) is 4. The number of hydrogen-bond donors (Lipinski definition) is 1. The molecule has 0 bridgehead atoms. The molecule has 4 heteroatoms. The fraction of sp³-hybridized carbons (Fsp3) is 0. The second-order valence-corrected chi connectivity index (χ2v) is 1.33. The van der Waals surface area contributed by atoms with Gasteiger partial charge in [0, 0.05) is 6.21 Å². The molecule has 4 nitrogen and oxygen atoms in total. The summed E-state index contributed by atoms with van der Waals surface area (Å²) < 4.78 is 0. The lowest BCUT2D eigenvalue weighted by Gasteiger charge is -1.99. The number of hydrazone groups is 1. The molecule has 0 saturated heterocycles. The van der Waals surface area contributed by atoms with Crippen LogP contribution in [0.25, 0.3) is 0 Å². The third kappa shape index (κ3) is 1.39. The van der Waals surface area contributed by atoms with E-state index in [1.807, 2.05) is 6.07 Å². The minimum Gasteiger partial charge on any atom is -0.261 e. The Morgan fingerprint density at radius 2 is 2.56 bits per heavy atom. The Balaban J connectivity index is 2.69. The van der Waals surface area contributed by atoms with Crippen LogP contribution < -0.4 is 5.43 Å². The Morgan fingerprint density at radius 1 is 1.67 bits per heavy atom. The lowest BCUT2D eigenvalue weighted by atomic mass is 10.6. The number of nitrogens with one attached hydrogen (secondary N) is 1. The zero-order valence-electron chi connectivity index (χ0n) is 4.57. The van der Waals surface area contributed by atoms with E-state index in [1.165, 1.54) is 18.5 Å². The lowest BCUT2D eigenvalue weighted by molar-refractivity contribution is 0.873. The van der Waals surface area contributed by atoms with Crippen LogP contribution in [0.15, 0.2) is 22.0 Å². The van der Waals surface area contributed by atoms with Gasteiger partial charge in [0.05, 0.1) is 18.4 Å². The molecule has 0 fully saturated rings. The fourth-order valence-corrected chi connectivity index (χ4v) is 0.410. The van der Waals surface area contributed by atoms with Crippen LogP contribution in [0.2, 0.25) is 0 Å². The third-order valence-corrected chi connectivity index (χ3v) is 0.735. The first kappa shape index (κ1) is 5.51. The van der Waals surface area contributed by atoms with Gasteiger partial charge in [-0.1, -0.05) is 0 Å². The molecular weight excluding hydrogens is 116 g/mol. The number of nitriles is 1. The Bertz CT molecular complexity index is 218. The summed E-state index contributed by atoms with van der Waals surface area (Å²) in [4.78, 5) is 3.77. The van der Waals surface area contributed by atoms with E-state index in [9.17, 15) is 0 Å². The van der Waals surface area contributed by atoms with Gasteiger partial charge >= 0.3 is 0 Å². The highest BCUT2D eigenvalue weighted by molar-refractivity contribution is 6.16. The molecule has 9 heavy (non-hydrogen) atoms. The van der Waals surface area contributed by atoms with Crippen LogP contribution in [0.1, 0.15) is 0 Å². The first-order valence-electron chi connectivity index (χ1n) is 2.35. The third-order valence-electron chi connectivity index (χ3n) is 0.735. The van der Waals surface area contributed by atoms with Crippen molar-refractivity contribution in [2.45, 2.75) is 0 Å². The number of nitrogens with zero attached hydrogens (tertiary/aromatic N) is 3. The SMILES string of the molecule is N#CC=C1N=CC=NN1. The van der Waals surface area contributed by atoms with Crippen LogP contribution in [0.5, 0.6) is 0 Å². The lowest BCUT2D eigenvalue weighted by Crippen LogP contribution is -2.07. The Labute approximate surface area is 52.2 Å². The van der Waals surface area contributed by atoms with Crippen molar-refractivity contribution < 1.29 is 0 Å². The van der Waals surface area contributed by atoms with Crippen LogP contribution >= 0.6 is 0 Å². The molecule has 0 aromatic heterocycles. The Morgan fingerprint density at radius 3 is 3.11 bits per heavy atom. The monoisotopic (exact) mass is 120 g/mol. The maximum Gasteiger partial charge on any atom is 0.156 e. The molecule has 1 heterocycles. The van der Waals surface area contributed by atoms with Crippen LogP contribution in [-0.2, 0) is 0 Å². The van der Waals surface area contributed by atoms with E-state index in [2.05, 4.69) is 15.5 Å². The summed E-state index contributed by atoms with van der Waals surface area (Å²) in [6.45, 7) is 0. The van der Waals surface area contributed by atoms with Gasteiger partial charge in [-0.2, -0.15) is 10.4 Å². The van der Waals surface area contributed by atoms with E-state index >= 15 is 0 Å². The zero-order valence-corrected chi connectivity index (χ0v) is 4.57. The number of allylic oxidation sites excluding steroid dienone is 1. The van der Waals surface area contributed by atoms with Gasteiger partial charge in [0.25, 0.3) is 0 Å². The predicted octanol–water partition coefficient (Wildman–Crippen LogP) is 0.0112. The minimum absolute atomic E-state index is 0.472. The quantitative estimate of drug-likeness (QED) is 0.458. The summed E-state index contributed by atoms with van der Waals surface area (Å²) in [5.41, 5.74) is 2.53. The molecule has 0 saturated carbocycles. The normalized spacial score (nSPS) is 19.2. The second kappa shape index (κ2) is 2.62. The van der Waals surface area contributed by atoms with Crippen LogP contribution in [-0.4, -0.2) is 12.4 Å². The largest absolute Gasteiger partial charge is 0.261 e. The van der Waals surface area contributed by atoms with Gasteiger partial charge in [0.1, 0.15) is 0 Å². The first-order chi connectivity index (χ1) is 4.43. The molecule has 1 rings (SSSR count). The molecule has 0 aliphatic carbocycles. The van der Waals surface area contributed by atoms with Crippen molar-refractivity contribution in [3.05, 3.63) is 11.9 Å². The van der Waals surface area contributed by atoms with Gasteiger partial charge in [-0.3, -0.25) is 5.43 Å². The molecule has 0 aromatic carbocycles. The van der Waals surface area contributed by atoms with E-state index in [-0.39, 0.29) is 0 Å². The average Bonchev–Trinajstić information content (AvgIpc) is 1.91. The average molecular weight is 120 g/mol. The maximum atomic E-state index is 8.13. The van der Waals surface area contributed by atoms with Crippen LogP contribution in [0.3, 0.4) is 0 Å². The van der Waals surface area contributed by atoms with Crippen molar-refractivity contribution in [2.24, 2.45) is 10.1 Å². The first-order valence-corrected chi connectivity index (χ1v) is 2.35. The Hall–Kier alpha value is -1.63. The van der Waals surface area contributed by atoms with Crippen molar-refractivity contribution in [1.82, 2.24) is 5.43 Å². The summed E-state index contributed by atoms with van der Waals surface area (Å²) in [6.07, 6.45) is 4.31. The molecule has 1 aliphatic heterocycles. The molecule has 0 amide bonds. The van der Waals surface area contributed by atoms with Crippen molar-refractivity contribution in [2.75, 3.05) is 0 Å². The molecule has 1 N–H and O–H groups in total. The molecular formula is C5H4N4. The second-order valence-electron chi connectivity index (χ2n) is 1.33. The summed E-state index contributed by atoms with van der Waals surface area (Å²) in [6, 6.07) is 1.83. The fourth-order valence-electron chi connectivity index (χ4n) is 0.410. The molecule has 0 spiro atoms. The zero-order chi connectivity index (χ0) is 6.53. The highest BCUT2D eigenvalue weighted by Gasteiger charge is 1.90. The van der Waals surface area contributed by atoms with Crippen LogP contribution in [0.4, 0.5) is 0 Å². The maximum absolute atomic E-state index is 8.13. The molecule has 1 aliphatic rings. The van der Waals surface area contributed by atoms with Gasteiger partial charge in [0.15, 0.2) is 5.82 Å². The van der Waals surface area contributed by atoms with E-state index in [0.717, 1.165) is 0 Å². The van der Waals surface area contributed by atoms with E-state index in [0.29, 0.717) is 5.82 Å². The standard InChI is InChI=1S/C5H4N4/c6-2-1-5-7-3-4-8-9-5/h1,3-4,9H. The molecule has 0 atom stereocenters. The number of rotatable bonds is 0. The highest BCUT2D eigenvalue weighted by Crippen LogP contribution is 1.90. The Kier molecular flexibility index (Phi) is 1.60. The van der Waals surface area contributed by atoms with Gasteiger partial charge in [0.2, 0.25) is 0 Å². The van der Waals surface area contributed by atoms with Gasteiger partial charge in [-0.15, -0.1) is 0 Å². The van der Waals surface area contributed by atoms with Crippen molar-refractivity contribution in [3.63, 3.8) is 0 Å². The van der Waals surface area contributed by atoms with Gasteiger partial charge < -0.3 is 0 Å². The molecule has 0 unspecified atom stereocenters. The summed E-state index contributed by atoms with van der Waals surface area (Å²) in [5, 5.41) is 11.8. The summed E-state index contributed by atoms with van der Waals surface area (Å²) >= 11 is 0. The van der Waals surface area contributed by atoms with Crippen molar-refractivity contribution in [1.29, 1.82) is 5.26 Å². The topological polar surface area (TPSA) is 60.5 Å². The number of aliphatic imine (C=N–C) groups is 1. The van der Waals surface area contributed by atoms with E-state index < -0.39 is 0 Å². The van der Waals surface area contributed by atoms with E-state index in [4.69, 9.17) is 5.26 Å². The van der Waals surface area contributed by atoms with Gasteiger partial charge in [-0.25, -0.2) is 4.99 Å².